The zero-order valence-corrected chi connectivity index (χ0v) is 9.82. The van der Waals surface area contributed by atoms with E-state index in [0.717, 1.165) is 17.2 Å². The first-order valence-corrected chi connectivity index (χ1v) is 5.73. The van der Waals surface area contributed by atoms with Gasteiger partial charge in [0.05, 0.1) is 24.5 Å². The van der Waals surface area contributed by atoms with Gasteiger partial charge in [0.2, 0.25) is 0 Å². The first-order chi connectivity index (χ1) is 8.88. The number of fused-ring (bicyclic) bond motifs is 1. The molecule has 0 spiro atoms. The van der Waals surface area contributed by atoms with Crippen LogP contribution in [-0.2, 0) is 0 Å². The molecular formula is C14H12N4. The molecule has 0 saturated heterocycles. The van der Waals surface area contributed by atoms with E-state index in [1.807, 2.05) is 36.5 Å². The molecule has 2 heterocycles. The predicted octanol–water partition coefficient (Wildman–Crippen LogP) is 1.91. The molecule has 0 aliphatic carbocycles. The van der Waals surface area contributed by atoms with Crippen LogP contribution in [0.15, 0.2) is 47.7 Å². The first kappa shape index (κ1) is 10.6. The summed E-state index contributed by atoms with van der Waals surface area (Å²) in [5.41, 5.74) is 2.01. The highest BCUT2D eigenvalue weighted by Crippen LogP contribution is 2.31. The molecule has 1 aromatic heterocycles. The molecular weight excluding hydrogens is 224 g/mol. The van der Waals surface area contributed by atoms with Crippen LogP contribution in [0.4, 0.5) is 11.4 Å². The van der Waals surface area contributed by atoms with Crippen LogP contribution in [0.2, 0.25) is 0 Å². The summed E-state index contributed by atoms with van der Waals surface area (Å²) in [6.07, 6.45) is 9.06. The molecule has 0 N–H and O–H groups in total. The molecule has 0 bridgehead atoms. The Hall–Kier alpha value is -2.54. The summed E-state index contributed by atoms with van der Waals surface area (Å²) in [6.45, 7) is 1.24. The van der Waals surface area contributed by atoms with E-state index in [4.69, 9.17) is 6.42 Å². The zero-order valence-electron chi connectivity index (χ0n) is 9.82. The minimum atomic E-state index is 0.567. The summed E-state index contributed by atoms with van der Waals surface area (Å²) in [5.74, 6) is 3.57. The normalized spacial score (nSPS) is 13.7. The highest BCUT2D eigenvalue weighted by Gasteiger charge is 2.19. The van der Waals surface area contributed by atoms with Gasteiger partial charge >= 0.3 is 0 Å². The van der Waals surface area contributed by atoms with Gasteiger partial charge in [-0.25, -0.2) is 9.67 Å². The van der Waals surface area contributed by atoms with Crippen molar-refractivity contribution in [3.8, 4) is 12.3 Å². The Labute approximate surface area is 106 Å². The van der Waals surface area contributed by atoms with E-state index in [1.54, 1.807) is 10.9 Å². The van der Waals surface area contributed by atoms with Crippen LogP contribution in [0, 0.1) is 12.3 Å². The summed E-state index contributed by atoms with van der Waals surface area (Å²) >= 11 is 0. The predicted molar refractivity (Wildman–Crippen MR) is 72.2 cm³/mol. The summed E-state index contributed by atoms with van der Waals surface area (Å²) in [4.78, 5) is 6.75. The van der Waals surface area contributed by atoms with Gasteiger partial charge in [-0.3, -0.25) is 0 Å². The zero-order chi connectivity index (χ0) is 12.4. The second kappa shape index (κ2) is 4.38. The van der Waals surface area contributed by atoms with E-state index in [-0.39, 0.29) is 0 Å². The van der Waals surface area contributed by atoms with Crippen molar-refractivity contribution in [1.82, 2.24) is 9.78 Å². The van der Waals surface area contributed by atoms with Crippen LogP contribution < -0.4 is 4.90 Å². The molecule has 0 atom stereocenters. The Morgan fingerprint density at radius 3 is 2.94 bits per heavy atom. The number of anilines is 1. The lowest BCUT2D eigenvalue weighted by atomic mass is 10.2. The third-order valence-electron chi connectivity index (χ3n) is 2.86. The Morgan fingerprint density at radius 1 is 1.28 bits per heavy atom. The van der Waals surface area contributed by atoms with Crippen LogP contribution in [-0.4, -0.2) is 28.7 Å². The third kappa shape index (κ3) is 1.76. The van der Waals surface area contributed by atoms with Crippen molar-refractivity contribution in [3.05, 3.63) is 42.7 Å². The van der Waals surface area contributed by atoms with Crippen molar-refractivity contribution in [2.75, 3.05) is 18.0 Å². The molecule has 0 saturated carbocycles. The Balaban J connectivity index is 2.06. The van der Waals surface area contributed by atoms with Crippen LogP contribution in [0.5, 0.6) is 0 Å². The lowest BCUT2D eigenvalue weighted by Gasteiger charge is -2.28. The van der Waals surface area contributed by atoms with E-state index in [0.29, 0.717) is 13.1 Å². The number of rotatable bonds is 1. The fourth-order valence-electron chi connectivity index (χ4n) is 2.05. The molecule has 0 fully saturated rings. The molecule has 0 unspecified atom stereocenters. The minimum Gasteiger partial charge on any atom is -0.351 e. The summed E-state index contributed by atoms with van der Waals surface area (Å²) < 4.78 is 1.78. The van der Waals surface area contributed by atoms with Gasteiger partial charge in [0.25, 0.3) is 0 Å². The molecule has 4 nitrogen and oxygen atoms in total. The number of terminal acetylenes is 1. The SMILES string of the molecule is C#CCN1CC(n2cccn2)=Nc2ccccc21. The Kier molecular flexibility index (Phi) is 2.58. The van der Waals surface area contributed by atoms with Crippen LogP contribution in [0.1, 0.15) is 0 Å². The lowest BCUT2D eigenvalue weighted by Crippen LogP contribution is -2.36. The van der Waals surface area contributed by atoms with Crippen LogP contribution in [0.25, 0.3) is 0 Å². The van der Waals surface area contributed by atoms with Gasteiger partial charge in [0.15, 0.2) is 0 Å². The van der Waals surface area contributed by atoms with Gasteiger partial charge < -0.3 is 4.90 Å². The highest BCUT2D eigenvalue weighted by molar-refractivity contribution is 5.95. The first-order valence-electron chi connectivity index (χ1n) is 5.73. The van der Waals surface area contributed by atoms with E-state index < -0.39 is 0 Å². The van der Waals surface area contributed by atoms with Crippen molar-refractivity contribution in [3.63, 3.8) is 0 Å². The largest absolute Gasteiger partial charge is 0.351 e. The third-order valence-corrected chi connectivity index (χ3v) is 2.86. The van der Waals surface area contributed by atoms with Crippen LogP contribution >= 0.6 is 0 Å². The van der Waals surface area contributed by atoms with Gasteiger partial charge in [-0.05, 0) is 18.2 Å². The van der Waals surface area contributed by atoms with Gasteiger partial charge in [-0.2, -0.15) is 5.10 Å². The second-order valence-electron chi connectivity index (χ2n) is 4.03. The van der Waals surface area contributed by atoms with Crippen molar-refractivity contribution < 1.29 is 0 Å². The second-order valence-corrected chi connectivity index (χ2v) is 4.03. The molecule has 1 aromatic carbocycles. The fourth-order valence-corrected chi connectivity index (χ4v) is 2.05. The summed E-state index contributed by atoms with van der Waals surface area (Å²) in [6, 6.07) is 9.88. The van der Waals surface area contributed by atoms with Crippen molar-refractivity contribution in [2.45, 2.75) is 0 Å². The number of nitrogens with zero attached hydrogens (tertiary/aromatic N) is 4. The highest BCUT2D eigenvalue weighted by atomic mass is 15.3. The van der Waals surface area contributed by atoms with E-state index >= 15 is 0 Å². The number of aromatic nitrogens is 2. The molecule has 1 aliphatic heterocycles. The van der Waals surface area contributed by atoms with Gasteiger partial charge in [-0.1, -0.05) is 18.1 Å². The van der Waals surface area contributed by atoms with E-state index in [2.05, 4.69) is 20.9 Å². The molecule has 3 rings (SSSR count). The average molecular weight is 236 g/mol. The monoisotopic (exact) mass is 236 g/mol. The molecule has 4 heteroatoms. The smallest absolute Gasteiger partial charge is 0.149 e. The lowest BCUT2D eigenvalue weighted by molar-refractivity contribution is 0.868. The van der Waals surface area contributed by atoms with Crippen molar-refractivity contribution in [2.24, 2.45) is 4.99 Å². The topological polar surface area (TPSA) is 33.4 Å². The quantitative estimate of drug-likeness (QED) is 0.709. The van der Waals surface area contributed by atoms with Crippen molar-refractivity contribution >= 4 is 17.2 Å². The number of hydrogen-bond donors (Lipinski definition) is 0. The molecule has 18 heavy (non-hydrogen) atoms. The summed E-state index contributed by atoms with van der Waals surface area (Å²) in [5, 5.41) is 4.21. The van der Waals surface area contributed by atoms with E-state index in [9.17, 15) is 0 Å². The number of para-hydroxylation sites is 2. The number of benzene rings is 1. The van der Waals surface area contributed by atoms with Crippen molar-refractivity contribution in [1.29, 1.82) is 0 Å². The maximum absolute atomic E-state index is 5.43. The molecule has 0 amide bonds. The minimum absolute atomic E-state index is 0.567. The van der Waals surface area contributed by atoms with Crippen LogP contribution in [0.3, 0.4) is 0 Å². The Morgan fingerprint density at radius 2 is 2.17 bits per heavy atom. The van der Waals surface area contributed by atoms with E-state index in [1.165, 1.54) is 0 Å². The van der Waals surface area contributed by atoms with Gasteiger partial charge in [0.1, 0.15) is 5.84 Å². The van der Waals surface area contributed by atoms with Gasteiger partial charge in [-0.15, -0.1) is 6.42 Å². The molecule has 2 aromatic rings. The number of aliphatic imine (C=N–C) groups is 1. The summed E-state index contributed by atoms with van der Waals surface area (Å²) in [7, 11) is 0. The standard InChI is InChI=1S/C14H12N4/c1-2-9-17-11-14(18-10-5-8-15-18)16-12-6-3-4-7-13(12)17/h1,3-8,10H,9,11H2. The average Bonchev–Trinajstić information content (AvgIpc) is 2.93. The molecule has 1 aliphatic rings. The Bertz CT molecular complexity index is 619. The fraction of sp³-hybridized carbons (Fsp3) is 0.143. The maximum Gasteiger partial charge on any atom is 0.149 e. The molecule has 0 radical (unpaired) electrons. The molecule has 88 valence electrons. The van der Waals surface area contributed by atoms with Gasteiger partial charge in [0, 0.05) is 12.4 Å². The number of hydrogen-bond acceptors (Lipinski definition) is 3. The maximum atomic E-state index is 5.43.